The highest BCUT2D eigenvalue weighted by Gasteiger charge is 2.17. The van der Waals surface area contributed by atoms with Gasteiger partial charge >= 0.3 is 0 Å². The number of nitrogens with two attached hydrogens (primary N) is 1. The van der Waals surface area contributed by atoms with Crippen molar-refractivity contribution in [3.05, 3.63) is 34.6 Å². The molecule has 1 aromatic carbocycles. The van der Waals surface area contributed by atoms with E-state index in [1.807, 2.05) is 0 Å². The van der Waals surface area contributed by atoms with Gasteiger partial charge in [0.15, 0.2) is 0 Å². The highest BCUT2D eigenvalue weighted by molar-refractivity contribution is 5.86. The number of benzene rings is 1. The largest absolute Gasteiger partial charge is 0.459 e. The van der Waals surface area contributed by atoms with Crippen molar-refractivity contribution >= 4 is 11.0 Å². The molecule has 86 valence electrons. The van der Waals surface area contributed by atoms with Gasteiger partial charge in [0.2, 0.25) is 0 Å². The van der Waals surface area contributed by atoms with Crippen LogP contribution in [0.1, 0.15) is 42.2 Å². The summed E-state index contributed by atoms with van der Waals surface area (Å²) in [7, 11) is 0. The van der Waals surface area contributed by atoms with E-state index in [0.29, 0.717) is 12.5 Å². The molecule has 2 aromatic rings. The maximum atomic E-state index is 5.87. The molecule has 0 fully saturated rings. The van der Waals surface area contributed by atoms with Crippen LogP contribution >= 0.6 is 0 Å². The van der Waals surface area contributed by atoms with E-state index in [-0.39, 0.29) is 0 Å². The van der Waals surface area contributed by atoms with Crippen molar-refractivity contribution < 1.29 is 4.42 Å². The predicted octanol–water partition coefficient (Wildman–Crippen LogP) is 3.63. The molecule has 0 atom stereocenters. The van der Waals surface area contributed by atoms with Crippen molar-refractivity contribution in [2.45, 2.75) is 40.2 Å². The maximum Gasteiger partial charge on any atom is 0.137 e. The lowest BCUT2D eigenvalue weighted by Crippen LogP contribution is -1.99. The lowest BCUT2D eigenvalue weighted by molar-refractivity contribution is 0.540. The molecule has 0 aliphatic carbocycles. The van der Waals surface area contributed by atoms with Crippen LogP contribution in [0.4, 0.5) is 0 Å². The summed E-state index contributed by atoms with van der Waals surface area (Å²) in [5, 5.41) is 1.23. The molecule has 2 nitrogen and oxygen atoms in total. The number of aryl methyl sites for hydroxylation is 2. The van der Waals surface area contributed by atoms with E-state index < -0.39 is 0 Å². The Labute approximate surface area is 96.4 Å². The summed E-state index contributed by atoms with van der Waals surface area (Å²) in [6, 6.07) is 4.34. The smallest absolute Gasteiger partial charge is 0.137 e. The summed E-state index contributed by atoms with van der Waals surface area (Å²) < 4.78 is 5.87. The molecule has 1 heterocycles. The van der Waals surface area contributed by atoms with Gasteiger partial charge in [-0.3, -0.25) is 0 Å². The summed E-state index contributed by atoms with van der Waals surface area (Å²) in [4.78, 5) is 0. The van der Waals surface area contributed by atoms with Gasteiger partial charge in [0.1, 0.15) is 11.3 Å². The monoisotopic (exact) mass is 217 g/mol. The van der Waals surface area contributed by atoms with Crippen LogP contribution in [0.25, 0.3) is 11.0 Å². The van der Waals surface area contributed by atoms with Gasteiger partial charge in [-0.05, 0) is 37.0 Å². The van der Waals surface area contributed by atoms with E-state index in [4.69, 9.17) is 10.2 Å². The summed E-state index contributed by atoms with van der Waals surface area (Å²) in [6.07, 6.45) is 0. The second-order valence-corrected chi connectivity index (χ2v) is 4.76. The van der Waals surface area contributed by atoms with Gasteiger partial charge in [-0.1, -0.05) is 19.9 Å². The van der Waals surface area contributed by atoms with Gasteiger partial charge in [-0.15, -0.1) is 0 Å². The molecular weight excluding hydrogens is 198 g/mol. The molecular formula is C14H19NO. The van der Waals surface area contributed by atoms with Crippen LogP contribution in [0.3, 0.4) is 0 Å². The van der Waals surface area contributed by atoms with Gasteiger partial charge < -0.3 is 10.2 Å². The Kier molecular flexibility index (Phi) is 2.76. The van der Waals surface area contributed by atoms with Crippen LogP contribution in [0.5, 0.6) is 0 Å². The van der Waals surface area contributed by atoms with Crippen LogP contribution in [0, 0.1) is 13.8 Å². The predicted molar refractivity (Wildman–Crippen MR) is 67.7 cm³/mol. The first kappa shape index (κ1) is 11.2. The Morgan fingerprint density at radius 2 is 1.94 bits per heavy atom. The Morgan fingerprint density at radius 3 is 2.50 bits per heavy atom. The average molecular weight is 217 g/mol. The average Bonchev–Trinajstić information content (AvgIpc) is 2.56. The molecule has 2 heteroatoms. The van der Waals surface area contributed by atoms with Gasteiger partial charge in [0, 0.05) is 10.9 Å². The third-order valence-corrected chi connectivity index (χ3v) is 3.00. The van der Waals surface area contributed by atoms with Crippen molar-refractivity contribution in [3.8, 4) is 0 Å². The van der Waals surface area contributed by atoms with Crippen LogP contribution in [0.2, 0.25) is 0 Å². The van der Waals surface area contributed by atoms with Crippen LogP contribution in [-0.2, 0) is 6.54 Å². The van der Waals surface area contributed by atoms with Gasteiger partial charge in [-0.25, -0.2) is 0 Å². The first-order valence-electron chi connectivity index (χ1n) is 5.77. The van der Waals surface area contributed by atoms with Crippen LogP contribution in [-0.4, -0.2) is 0 Å². The van der Waals surface area contributed by atoms with Gasteiger partial charge in [0.05, 0.1) is 6.54 Å². The molecule has 2 rings (SSSR count). The molecule has 0 bridgehead atoms. The summed E-state index contributed by atoms with van der Waals surface area (Å²) in [6.45, 7) is 9.04. The summed E-state index contributed by atoms with van der Waals surface area (Å²) in [5.74, 6) is 1.37. The van der Waals surface area contributed by atoms with Crippen LogP contribution in [0.15, 0.2) is 16.5 Å². The molecule has 16 heavy (non-hydrogen) atoms. The first-order chi connectivity index (χ1) is 7.54. The van der Waals surface area contributed by atoms with Crippen molar-refractivity contribution in [1.82, 2.24) is 0 Å². The Morgan fingerprint density at radius 1 is 1.25 bits per heavy atom. The third-order valence-electron chi connectivity index (χ3n) is 3.00. The molecule has 0 unspecified atom stereocenters. The molecule has 0 amide bonds. The number of furan rings is 1. The molecule has 1 aromatic heterocycles. The van der Waals surface area contributed by atoms with Crippen molar-refractivity contribution in [2.24, 2.45) is 5.73 Å². The molecule has 0 aliphatic rings. The Balaban J connectivity index is 2.84. The molecule has 0 spiro atoms. The quantitative estimate of drug-likeness (QED) is 0.834. The van der Waals surface area contributed by atoms with Crippen LogP contribution < -0.4 is 5.73 Å². The highest BCUT2D eigenvalue weighted by atomic mass is 16.3. The van der Waals surface area contributed by atoms with Gasteiger partial charge in [-0.2, -0.15) is 0 Å². The molecule has 0 radical (unpaired) electrons. The zero-order chi connectivity index (χ0) is 11.9. The molecule has 0 saturated carbocycles. The minimum absolute atomic E-state index is 0.445. The molecule has 2 N–H and O–H groups in total. The molecule has 0 aliphatic heterocycles. The van der Waals surface area contributed by atoms with E-state index in [2.05, 4.69) is 39.8 Å². The normalized spacial score (nSPS) is 11.6. The number of hydrogen-bond donors (Lipinski definition) is 1. The summed E-state index contributed by atoms with van der Waals surface area (Å²) in [5.41, 5.74) is 10.5. The SMILES string of the molecule is Cc1cc(C)c2oc(CN)c(C(C)C)c2c1. The maximum absolute atomic E-state index is 5.87. The fraction of sp³-hybridized carbons (Fsp3) is 0.429. The van der Waals surface area contributed by atoms with Crippen molar-refractivity contribution in [1.29, 1.82) is 0 Å². The molecule has 0 saturated heterocycles. The van der Waals surface area contributed by atoms with E-state index in [1.165, 1.54) is 22.1 Å². The highest BCUT2D eigenvalue weighted by Crippen LogP contribution is 2.34. The van der Waals surface area contributed by atoms with Crippen molar-refractivity contribution in [2.75, 3.05) is 0 Å². The fourth-order valence-corrected chi connectivity index (χ4v) is 2.40. The number of hydrogen-bond acceptors (Lipinski definition) is 2. The van der Waals surface area contributed by atoms with E-state index in [1.54, 1.807) is 0 Å². The zero-order valence-corrected chi connectivity index (χ0v) is 10.4. The second-order valence-electron chi connectivity index (χ2n) is 4.76. The minimum atomic E-state index is 0.445. The number of fused-ring (bicyclic) bond motifs is 1. The fourth-order valence-electron chi connectivity index (χ4n) is 2.40. The lowest BCUT2D eigenvalue weighted by atomic mass is 9.97. The summed E-state index contributed by atoms with van der Waals surface area (Å²) >= 11 is 0. The standard InChI is InChI=1S/C14H19NO/c1-8(2)13-11-6-9(3)5-10(4)14(11)16-12(13)7-15/h5-6,8H,7,15H2,1-4H3. The third kappa shape index (κ3) is 1.63. The second kappa shape index (κ2) is 3.95. The topological polar surface area (TPSA) is 39.2 Å². The van der Waals surface area contributed by atoms with Gasteiger partial charge in [0.25, 0.3) is 0 Å². The van der Waals surface area contributed by atoms with E-state index in [9.17, 15) is 0 Å². The van der Waals surface area contributed by atoms with E-state index in [0.717, 1.165) is 11.3 Å². The Hall–Kier alpha value is -1.28. The lowest BCUT2D eigenvalue weighted by Gasteiger charge is -2.05. The van der Waals surface area contributed by atoms with Crippen molar-refractivity contribution in [3.63, 3.8) is 0 Å². The van der Waals surface area contributed by atoms with E-state index >= 15 is 0 Å². The number of rotatable bonds is 2. The minimum Gasteiger partial charge on any atom is -0.459 e. The zero-order valence-electron chi connectivity index (χ0n) is 10.4. The first-order valence-corrected chi connectivity index (χ1v) is 5.77. The Bertz CT molecular complexity index is 523.